The van der Waals surface area contributed by atoms with Crippen LogP contribution in [0.5, 0.6) is 0 Å². The maximum Gasteiger partial charge on any atom is 0.417 e. The third-order valence-corrected chi connectivity index (χ3v) is 5.36. The summed E-state index contributed by atoms with van der Waals surface area (Å²) < 4.78 is 5.13. The molecule has 5 nitrogen and oxygen atoms in total. The Labute approximate surface area is 171 Å². The Balaban J connectivity index is 1.69. The summed E-state index contributed by atoms with van der Waals surface area (Å²) >= 11 is 0. The van der Waals surface area contributed by atoms with Crippen molar-refractivity contribution in [2.24, 2.45) is 5.92 Å². The van der Waals surface area contributed by atoms with Crippen molar-refractivity contribution < 1.29 is 19.4 Å². The van der Waals surface area contributed by atoms with Gasteiger partial charge in [0.05, 0.1) is 6.04 Å². The van der Waals surface area contributed by atoms with Crippen LogP contribution in [0, 0.1) is 5.92 Å². The highest BCUT2D eigenvalue weighted by atomic mass is 16.6. The summed E-state index contributed by atoms with van der Waals surface area (Å²) in [5.41, 5.74) is 2.17. The third-order valence-electron chi connectivity index (χ3n) is 5.36. The number of imide groups is 1. The molecule has 0 unspecified atom stereocenters. The SMILES string of the molecule is C[C@H](/C=C/C(=O)N1C(=O)OC[C@@H]1Cc1ccccc1)[C@@H](CCO)c1ccccc1. The third kappa shape index (κ3) is 5.33. The van der Waals surface area contributed by atoms with Crippen molar-refractivity contribution in [3.63, 3.8) is 0 Å². The molecule has 1 heterocycles. The van der Waals surface area contributed by atoms with E-state index < -0.39 is 6.09 Å². The summed E-state index contributed by atoms with van der Waals surface area (Å²) in [5.74, 6) is -0.244. The van der Waals surface area contributed by atoms with E-state index in [1.54, 1.807) is 0 Å². The minimum absolute atomic E-state index is 0.0275. The molecule has 0 aromatic heterocycles. The number of carbonyl (C=O) groups is 2. The molecule has 0 aliphatic carbocycles. The van der Waals surface area contributed by atoms with E-state index in [0.717, 1.165) is 11.1 Å². The number of allylic oxidation sites excluding steroid dienone is 1. The van der Waals surface area contributed by atoms with Gasteiger partial charge < -0.3 is 9.84 Å². The quantitative estimate of drug-likeness (QED) is 0.690. The molecule has 0 radical (unpaired) electrons. The summed E-state index contributed by atoms with van der Waals surface area (Å²) in [7, 11) is 0. The molecule has 3 atom stereocenters. The van der Waals surface area contributed by atoms with Crippen molar-refractivity contribution in [2.75, 3.05) is 13.2 Å². The van der Waals surface area contributed by atoms with Crippen molar-refractivity contribution >= 4 is 12.0 Å². The highest BCUT2D eigenvalue weighted by Crippen LogP contribution is 2.29. The Bertz CT molecular complexity index is 834. The second-order valence-corrected chi connectivity index (χ2v) is 7.38. The highest BCUT2D eigenvalue weighted by Gasteiger charge is 2.36. The maximum atomic E-state index is 12.8. The topological polar surface area (TPSA) is 66.8 Å². The normalized spacial score (nSPS) is 18.6. The van der Waals surface area contributed by atoms with Gasteiger partial charge in [0, 0.05) is 6.61 Å². The first-order valence-electron chi connectivity index (χ1n) is 9.98. The average molecular weight is 393 g/mol. The van der Waals surface area contributed by atoms with Crippen LogP contribution in [-0.2, 0) is 16.0 Å². The number of cyclic esters (lactones) is 1. The Kier molecular flexibility index (Phi) is 7.19. The van der Waals surface area contributed by atoms with Crippen LogP contribution in [0.2, 0.25) is 0 Å². The first-order valence-corrected chi connectivity index (χ1v) is 9.98. The predicted molar refractivity (Wildman–Crippen MR) is 111 cm³/mol. The van der Waals surface area contributed by atoms with Crippen molar-refractivity contribution in [3.05, 3.63) is 83.9 Å². The summed E-state index contributed by atoms with van der Waals surface area (Å²) in [4.78, 5) is 26.1. The van der Waals surface area contributed by atoms with E-state index in [0.29, 0.717) is 12.8 Å². The molecule has 0 spiro atoms. The van der Waals surface area contributed by atoms with Crippen LogP contribution < -0.4 is 0 Å². The van der Waals surface area contributed by atoms with Gasteiger partial charge in [0.15, 0.2) is 0 Å². The summed E-state index contributed by atoms with van der Waals surface area (Å²) in [6.07, 6.45) is 3.86. The van der Waals surface area contributed by atoms with E-state index >= 15 is 0 Å². The van der Waals surface area contributed by atoms with Crippen LogP contribution in [0.25, 0.3) is 0 Å². The minimum Gasteiger partial charge on any atom is -0.447 e. The van der Waals surface area contributed by atoms with Crippen molar-refractivity contribution in [2.45, 2.75) is 31.7 Å². The first kappa shape index (κ1) is 20.8. The number of aliphatic hydroxyl groups is 1. The lowest BCUT2D eigenvalue weighted by Crippen LogP contribution is -2.39. The van der Waals surface area contributed by atoms with Gasteiger partial charge in [-0.1, -0.05) is 73.7 Å². The van der Waals surface area contributed by atoms with Crippen molar-refractivity contribution in [1.29, 1.82) is 0 Å². The number of hydrogen-bond donors (Lipinski definition) is 1. The molecule has 152 valence electrons. The van der Waals surface area contributed by atoms with Gasteiger partial charge in [-0.2, -0.15) is 0 Å². The molecule has 0 saturated carbocycles. The molecule has 1 fully saturated rings. The second-order valence-electron chi connectivity index (χ2n) is 7.38. The van der Waals surface area contributed by atoms with E-state index in [-0.39, 0.29) is 37.0 Å². The number of ether oxygens (including phenoxy) is 1. The number of carbonyl (C=O) groups excluding carboxylic acids is 2. The number of aliphatic hydroxyl groups excluding tert-OH is 1. The minimum atomic E-state index is -0.594. The molecular weight excluding hydrogens is 366 g/mol. The predicted octanol–water partition coefficient (Wildman–Crippen LogP) is 3.94. The molecule has 1 saturated heterocycles. The van der Waals surface area contributed by atoms with Gasteiger partial charge in [-0.05, 0) is 41.9 Å². The zero-order chi connectivity index (χ0) is 20.6. The van der Waals surface area contributed by atoms with Crippen molar-refractivity contribution in [3.8, 4) is 0 Å². The molecule has 1 aliphatic heterocycles. The number of benzene rings is 2. The molecule has 2 aromatic carbocycles. The second kappa shape index (κ2) is 10.0. The monoisotopic (exact) mass is 393 g/mol. The van der Waals surface area contributed by atoms with Crippen LogP contribution in [0.4, 0.5) is 4.79 Å². The van der Waals surface area contributed by atoms with Crippen molar-refractivity contribution in [1.82, 2.24) is 4.90 Å². The van der Waals surface area contributed by atoms with Gasteiger partial charge in [0.2, 0.25) is 0 Å². The lowest BCUT2D eigenvalue weighted by Gasteiger charge is -2.22. The molecule has 29 heavy (non-hydrogen) atoms. The molecule has 2 amide bonds. The van der Waals surface area contributed by atoms with Crippen LogP contribution in [0.3, 0.4) is 0 Å². The van der Waals surface area contributed by atoms with Gasteiger partial charge in [-0.3, -0.25) is 4.79 Å². The van der Waals surface area contributed by atoms with E-state index in [2.05, 4.69) is 0 Å². The van der Waals surface area contributed by atoms with Crippen LogP contribution >= 0.6 is 0 Å². The highest BCUT2D eigenvalue weighted by molar-refractivity contribution is 5.99. The Hall–Kier alpha value is -2.92. The maximum absolute atomic E-state index is 12.8. The summed E-state index contributed by atoms with van der Waals surface area (Å²) in [6.45, 7) is 2.30. The van der Waals surface area contributed by atoms with Crippen LogP contribution in [0.1, 0.15) is 30.4 Å². The van der Waals surface area contributed by atoms with Gasteiger partial charge in [-0.25, -0.2) is 9.69 Å². The molecular formula is C24H27NO4. The molecule has 1 N–H and O–H groups in total. The zero-order valence-corrected chi connectivity index (χ0v) is 16.6. The van der Waals surface area contributed by atoms with E-state index in [4.69, 9.17) is 4.74 Å². The largest absolute Gasteiger partial charge is 0.447 e. The van der Waals surface area contributed by atoms with Crippen LogP contribution in [0.15, 0.2) is 72.8 Å². The van der Waals surface area contributed by atoms with Gasteiger partial charge in [0.25, 0.3) is 5.91 Å². The molecule has 0 bridgehead atoms. The summed E-state index contributed by atoms with van der Waals surface area (Å²) in [6, 6.07) is 19.4. The van der Waals surface area contributed by atoms with E-state index in [1.807, 2.05) is 73.7 Å². The number of amides is 2. The molecule has 1 aliphatic rings. The standard InChI is InChI=1S/C24H27NO4/c1-18(22(14-15-26)20-10-6-3-7-11-20)12-13-23(27)25-21(17-29-24(25)28)16-19-8-4-2-5-9-19/h2-13,18,21-22,26H,14-17H2,1H3/b13-12+/t18-,21+,22-/m1/s1. The fourth-order valence-electron chi connectivity index (χ4n) is 3.79. The fourth-order valence-corrected chi connectivity index (χ4v) is 3.79. The number of hydrogen-bond acceptors (Lipinski definition) is 4. The lowest BCUT2D eigenvalue weighted by atomic mass is 9.84. The number of nitrogens with zero attached hydrogens (tertiary/aromatic N) is 1. The zero-order valence-electron chi connectivity index (χ0n) is 16.6. The summed E-state index contributed by atoms with van der Waals surface area (Å²) in [5, 5.41) is 9.45. The average Bonchev–Trinajstić information content (AvgIpc) is 3.11. The molecule has 2 aromatic rings. The van der Waals surface area contributed by atoms with Gasteiger partial charge in [-0.15, -0.1) is 0 Å². The van der Waals surface area contributed by atoms with Gasteiger partial charge >= 0.3 is 6.09 Å². The van der Waals surface area contributed by atoms with Crippen LogP contribution in [-0.4, -0.2) is 41.3 Å². The molecule has 3 rings (SSSR count). The van der Waals surface area contributed by atoms with E-state index in [9.17, 15) is 14.7 Å². The van der Waals surface area contributed by atoms with Gasteiger partial charge in [0.1, 0.15) is 6.61 Å². The Morgan fingerprint density at radius 3 is 2.48 bits per heavy atom. The molecule has 5 heteroatoms. The Morgan fingerprint density at radius 2 is 1.83 bits per heavy atom. The first-order chi connectivity index (χ1) is 14.1. The number of rotatable bonds is 8. The van der Waals surface area contributed by atoms with E-state index in [1.165, 1.54) is 11.0 Å². The smallest absolute Gasteiger partial charge is 0.417 e. The Morgan fingerprint density at radius 1 is 1.17 bits per heavy atom. The fraction of sp³-hybridized carbons (Fsp3) is 0.333. The lowest BCUT2D eigenvalue weighted by molar-refractivity contribution is -0.124.